The number of carbonyl (C=O) groups is 6. The summed E-state index contributed by atoms with van der Waals surface area (Å²) in [6.45, 7) is 3.70. The van der Waals surface area contributed by atoms with Crippen molar-refractivity contribution < 1.29 is 112 Å². The summed E-state index contributed by atoms with van der Waals surface area (Å²) in [4.78, 5) is 90.8. The summed E-state index contributed by atoms with van der Waals surface area (Å²) in [5.41, 5.74) is 0. The molecule has 0 bridgehead atoms. The van der Waals surface area contributed by atoms with Gasteiger partial charge in [-0.05, 0) is 12.8 Å². The Morgan fingerprint density at radius 3 is 1.08 bits per heavy atom. The van der Waals surface area contributed by atoms with Crippen molar-refractivity contribution in [2.45, 2.75) is 225 Å². The monoisotopic (exact) mass is 1290 g/mol. The van der Waals surface area contributed by atoms with Crippen LogP contribution in [0.5, 0.6) is 0 Å². The van der Waals surface area contributed by atoms with Crippen molar-refractivity contribution >= 4 is 43.6 Å². The van der Waals surface area contributed by atoms with Crippen LogP contribution in [-0.4, -0.2) is 187 Å². The Hall–Kier alpha value is -1.91. The molecule has 1 fully saturated rings. The molecule has 0 spiro atoms. The SMILES string of the molecule is CCCCCCCCCCCCCCCCCC(=O)OC[C@H](COP(=O)(O)OCCNC(=O)CN1CCN(CC(=O)O)CCN(CC(=O)O)CCN(CC(=O)O)CC1)OC(=O)CCCCCCCCCCCCCCCCC.[Gd+3]. The van der Waals surface area contributed by atoms with Crippen molar-refractivity contribution in [1.29, 1.82) is 0 Å². The van der Waals surface area contributed by atoms with E-state index in [1.807, 2.05) is 0 Å². The maximum Gasteiger partial charge on any atom is 3.00 e. The zero-order chi connectivity index (χ0) is 57.3. The van der Waals surface area contributed by atoms with E-state index in [0.29, 0.717) is 12.8 Å². The van der Waals surface area contributed by atoms with Gasteiger partial charge in [-0.15, -0.1) is 0 Å². The Morgan fingerprint density at radius 2 is 0.747 bits per heavy atom. The number of hydrogen-bond donors (Lipinski definition) is 5. The van der Waals surface area contributed by atoms with Crippen LogP contribution in [0.15, 0.2) is 0 Å². The smallest absolute Gasteiger partial charge is 0.480 e. The van der Waals surface area contributed by atoms with E-state index in [-0.39, 0.29) is 144 Å². The number of amides is 1. The van der Waals surface area contributed by atoms with Crippen LogP contribution in [0, 0.1) is 39.9 Å². The van der Waals surface area contributed by atoms with E-state index in [1.165, 1.54) is 141 Å². The Labute approximate surface area is 507 Å². The first-order valence-electron chi connectivity index (χ1n) is 30.4. The van der Waals surface area contributed by atoms with E-state index in [4.69, 9.17) is 18.5 Å². The number of hydrogen-bond acceptors (Lipinski definition) is 15. The normalized spacial score (nSPS) is 15.5. The molecule has 20 nitrogen and oxygen atoms in total. The van der Waals surface area contributed by atoms with E-state index in [2.05, 4.69) is 19.2 Å². The van der Waals surface area contributed by atoms with Gasteiger partial charge in [0.1, 0.15) is 6.61 Å². The minimum atomic E-state index is -4.75. The molecule has 1 heterocycles. The van der Waals surface area contributed by atoms with Crippen LogP contribution in [0.1, 0.15) is 219 Å². The van der Waals surface area contributed by atoms with Gasteiger partial charge in [0.15, 0.2) is 6.10 Å². The van der Waals surface area contributed by atoms with Gasteiger partial charge < -0.3 is 35.0 Å². The molecule has 1 aliphatic heterocycles. The van der Waals surface area contributed by atoms with Gasteiger partial charge in [-0.1, -0.05) is 194 Å². The number of ether oxygens (including phenoxy) is 2. The molecule has 79 heavy (non-hydrogen) atoms. The molecule has 0 saturated carbocycles. The third-order valence-electron chi connectivity index (χ3n) is 14.2. The standard InChI is InChI=1S/C57H108N5O15P.Gd/c1-3-5-7-9-11-13-15-17-19-21-23-25-27-29-31-33-56(70)74-49-51(77-57(71)34-32-30-28-26-24-22-20-18-16-14-12-10-8-6-4-2)50-76-78(72,73)75-44-35-58-52(63)45-59-36-38-60(46-53(64)65)40-42-62(48-55(68)69)43-41-61(39-37-59)47-54(66)67;/h51H,3-50H2,1-2H3,(H,58,63)(H,64,65)(H,66,67)(H,68,69)(H,72,73);/q;+3/t51-;/m1./s1. The number of aliphatic carboxylic acids is 3. The summed E-state index contributed by atoms with van der Waals surface area (Å²) in [6.07, 6.45) is 35.1. The summed E-state index contributed by atoms with van der Waals surface area (Å²) in [6, 6.07) is 0. The first-order valence-corrected chi connectivity index (χ1v) is 31.9. The number of carbonyl (C=O) groups excluding carboxylic acids is 3. The number of unbranched alkanes of at least 4 members (excludes halogenated alkanes) is 28. The summed E-state index contributed by atoms with van der Waals surface area (Å²) >= 11 is 0. The minimum Gasteiger partial charge on any atom is -0.480 e. The fraction of sp³-hybridized carbons (Fsp3) is 0.895. The molecule has 0 aromatic heterocycles. The van der Waals surface area contributed by atoms with Gasteiger partial charge in [0.25, 0.3) is 0 Å². The van der Waals surface area contributed by atoms with E-state index in [0.717, 1.165) is 38.5 Å². The van der Waals surface area contributed by atoms with Crippen LogP contribution < -0.4 is 5.32 Å². The average molecular weight is 1290 g/mol. The molecule has 22 heteroatoms. The number of carboxylic acids is 3. The van der Waals surface area contributed by atoms with E-state index < -0.39 is 62.9 Å². The predicted octanol–water partition coefficient (Wildman–Crippen LogP) is 9.69. The third-order valence-corrected chi connectivity index (χ3v) is 15.2. The van der Waals surface area contributed by atoms with Crippen LogP contribution in [0.3, 0.4) is 0 Å². The Bertz CT molecular complexity index is 1590. The molecule has 0 aliphatic carbocycles. The fourth-order valence-electron chi connectivity index (χ4n) is 9.51. The number of esters is 2. The van der Waals surface area contributed by atoms with Crippen molar-refractivity contribution in [1.82, 2.24) is 24.9 Å². The number of phosphoric acid groups is 1. The van der Waals surface area contributed by atoms with Gasteiger partial charge in [0, 0.05) is 71.7 Å². The second-order valence-electron chi connectivity index (χ2n) is 21.4. The number of nitrogens with one attached hydrogen (secondary N) is 1. The number of phosphoric ester groups is 1. The van der Waals surface area contributed by atoms with Crippen LogP contribution in [0.25, 0.3) is 0 Å². The second kappa shape index (κ2) is 52.9. The fourth-order valence-corrected chi connectivity index (χ4v) is 10.3. The molecule has 1 unspecified atom stereocenters. The molecular weight excluding hydrogens is 1180 g/mol. The van der Waals surface area contributed by atoms with Gasteiger partial charge in [-0.3, -0.25) is 57.4 Å². The summed E-state index contributed by atoms with van der Waals surface area (Å²) in [5, 5.41) is 31.1. The molecule has 5 N–H and O–H groups in total. The molecule has 2 atom stereocenters. The number of carboxylic acid groups (broad SMARTS) is 3. The molecule has 461 valence electrons. The largest absolute Gasteiger partial charge is 3.00 e. The molecule has 1 saturated heterocycles. The molecule has 1 radical (unpaired) electrons. The van der Waals surface area contributed by atoms with Crippen molar-refractivity contribution in [3.8, 4) is 0 Å². The van der Waals surface area contributed by atoms with Gasteiger partial charge in [0.05, 0.1) is 39.4 Å². The van der Waals surface area contributed by atoms with Crippen molar-refractivity contribution in [3.05, 3.63) is 0 Å². The van der Waals surface area contributed by atoms with Gasteiger partial charge >= 0.3 is 77.6 Å². The van der Waals surface area contributed by atoms with E-state index >= 15 is 0 Å². The first kappa shape index (κ1) is 77.1. The van der Waals surface area contributed by atoms with Crippen molar-refractivity contribution in [3.63, 3.8) is 0 Å². The number of nitrogens with zero attached hydrogens (tertiary/aromatic N) is 4. The van der Waals surface area contributed by atoms with Crippen LogP contribution in [0.2, 0.25) is 0 Å². The molecule has 1 rings (SSSR count). The van der Waals surface area contributed by atoms with Crippen LogP contribution in [0.4, 0.5) is 0 Å². The van der Waals surface area contributed by atoms with Gasteiger partial charge in [-0.25, -0.2) is 4.57 Å². The third kappa shape index (κ3) is 50.3. The molecular formula is C57H108GdN5O15P+3. The zero-order valence-corrected chi connectivity index (χ0v) is 52.1. The van der Waals surface area contributed by atoms with Crippen LogP contribution in [-0.2, 0) is 51.9 Å². The van der Waals surface area contributed by atoms with Gasteiger partial charge in [-0.2, -0.15) is 0 Å². The van der Waals surface area contributed by atoms with Crippen molar-refractivity contribution in [2.24, 2.45) is 0 Å². The maximum absolute atomic E-state index is 13.1. The Morgan fingerprint density at radius 1 is 0.443 bits per heavy atom. The number of rotatable bonds is 50. The Balaban J connectivity index is 0.0000608. The minimum absolute atomic E-state index is 0. The molecule has 0 aromatic carbocycles. The van der Waals surface area contributed by atoms with E-state index in [9.17, 15) is 53.5 Å². The molecule has 0 aromatic rings. The predicted molar refractivity (Wildman–Crippen MR) is 303 cm³/mol. The average Bonchev–Trinajstić information content (AvgIpc) is 3.38. The Kier molecular flexibility index (Phi) is 51.6. The summed E-state index contributed by atoms with van der Waals surface area (Å²) in [5.74, 6) is -4.67. The quantitative estimate of drug-likeness (QED) is 0.0216. The van der Waals surface area contributed by atoms with Crippen LogP contribution >= 0.6 is 7.82 Å². The van der Waals surface area contributed by atoms with Crippen molar-refractivity contribution in [2.75, 3.05) is 105 Å². The maximum atomic E-state index is 13.1. The molecule has 1 amide bonds. The van der Waals surface area contributed by atoms with E-state index in [1.54, 1.807) is 19.6 Å². The summed E-state index contributed by atoms with van der Waals surface area (Å²) < 4.78 is 34.4. The zero-order valence-electron chi connectivity index (χ0n) is 48.9. The van der Waals surface area contributed by atoms with Gasteiger partial charge in [0.2, 0.25) is 5.91 Å². The topological polar surface area (TPSA) is 262 Å². The molecule has 1 aliphatic rings. The first-order chi connectivity index (χ1) is 37.6. The summed E-state index contributed by atoms with van der Waals surface area (Å²) in [7, 11) is -4.75. The second-order valence-corrected chi connectivity index (χ2v) is 22.9.